The van der Waals surface area contributed by atoms with Crippen molar-refractivity contribution < 1.29 is 14.4 Å². The van der Waals surface area contributed by atoms with E-state index in [0.29, 0.717) is 35.5 Å². The fraction of sp³-hybridized carbons (Fsp3) is 0.200. The zero-order valence-corrected chi connectivity index (χ0v) is 16.8. The van der Waals surface area contributed by atoms with E-state index in [1.165, 1.54) is 11.0 Å². The van der Waals surface area contributed by atoms with E-state index in [0.717, 1.165) is 5.56 Å². The van der Waals surface area contributed by atoms with E-state index in [2.05, 4.69) is 25.6 Å². The Bertz CT molecular complexity index is 1240. The minimum absolute atomic E-state index is 0.0438. The summed E-state index contributed by atoms with van der Waals surface area (Å²) in [5.74, 6) is 1.40. The minimum atomic E-state index is -0.523. The largest absolute Gasteiger partial charge is 0.493 e. The molecule has 0 saturated heterocycles. The summed E-state index contributed by atoms with van der Waals surface area (Å²) in [6.07, 6.45) is 1.85. The molecule has 0 amide bonds. The molecule has 4 aromatic rings. The van der Waals surface area contributed by atoms with Crippen molar-refractivity contribution in [3.63, 3.8) is 0 Å². The van der Waals surface area contributed by atoms with Gasteiger partial charge in [0.15, 0.2) is 11.5 Å². The van der Waals surface area contributed by atoms with Crippen LogP contribution in [0, 0.1) is 10.1 Å². The fourth-order valence-corrected chi connectivity index (χ4v) is 3.21. The molecule has 0 aliphatic carbocycles. The number of methoxy groups -OCH3 is 2. The number of anilines is 1. The van der Waals surface area contributed by atoms with Gasteiger partial charge < -0.3 is 14.8 Å². The molecule has 0 aliphatic rings. The number of nitro groups is 1. The van der Waals surface area contributed by atoms with E-state index < -0.39 is 4.92 Å². The number of rotatable bonds is 8. The average Bonchev–Trinajstić information content (AvgIpc) is 3.22. The third kappa shape index (κ3) is 3.92. The summed E-state index contributed by atoms with van der Waals surface area (Å²) in [4.78, 5) is 19.5. The zero-order chi connectivity index (χ0) is 21.8. The second-order valence-corrected chi connectivity index (χ2v) is 6.51. The molecule has 11 heteroatoms. The predicted molar refractivity (Wildman–Crippen MR) is 113 cm³/mol. The molecule has 0 saturated carbocycles. The van der Waals surface area contributed by atoms with Gasteiger partial charge in [0.25, 0.3) is 0 Å². The van der Waals surface area contributed by atoms with E-state index in [4.69, 9.17) is 9.47 Å². The smallest absolute Gasteiger partial charge is 0.355 e. The fourth-order valence-electron chi connectivity index (χ4n) is 3.21. The van der Waals surface area contributed by atoms with Gasteiger partial charge in [0.1, 0.15) is 11.8 Å². The number of fused-ring (bicyclic) bond motifs is 1. The van der Waals surface area contributed by atoms with E-state index in [-0.39, 0.29) is 17.3 Å². The second kappa shape index (κ2) is 8.61. The molecular formula is C20H19N7O4. The normalized spacial score (nSPS) is 10.8. The van der Waals surface area contributed by atoms with Gasteiger partial charge in [0.2, 0.25) is 11.6 Å². The minimum Gasteiger partial charge on any atom is -0.493 e. The topological polar surface area (TPSA) is 130 Å². The summed E-state index contributed by atoms with van der Waals surface area (Å²) >= 11 is 0. The maximum absolute atomic E-state index is 11.9. The number of para-hydroxylation sites is 1. The molecule has 4 rings (SSSR count). The number of benzene rings is 2. The first-order valence-electron chi connectivity index (χ1n) is 9.37. The molecular weight excluding hydrogens is 402 g/mol. The van der Waals surface area contributed by atoms with Crippen molar-refractivity contribution in [1.29, 1.82) is 0 Å². The van der Waals surface area contributed by atoms with Gasteiger partial charge >= 0.3 is 5.69 Å². The van der Waals surface area contributed by atoms with E-state index >= 15 is 0 Å². The lowest BCUT2D eigenvalue weighted by Crippen LogP contribution is -2.12. The van der Waals surface area contributed by atoms with Crippen molar-refractivity contribution in [2.24, 2.45) is 0 Å². The number of nitrogens with one attached hydrogen (secondary N) is 1. The maximum Gasteiger partial charge on any atom is 0.355 e. The van der Waals surface area contributed by atoms with Gasteiger partial charge in [0.05, 0.1) is 24.7 Å². The van der Waals surface area contributed by atoms with Crippen molar-refractivity contribution >= 4 is 22.5 Å². The van der Waals surface area contributed by atoms with Crippen LogP contribution in [0.2, 0.25) is 0 Å². The molecule has 11 nitrogen and oxygen atoms in total. The average molecular weight is 421 g/mol. The Hall–Kier alpha value is -4.28. The summed E-state index contributed by atoms with van der Waals surface area (Å²) in [6, 6.07) is 12.7. The highest BCUT2D eigenvalue weighted by Crippen LogP contribution is 2.30. The first-order valence-corrected chi connectivity index (χ1v) is 9.37. The molecule has 2 aromatic heterocycles. The number of hydrogen-bond donors (Lipinski definition) is 1. The molecule has 31 heavy (non-hydrogen) atoms. The lowest BCUT2D eigenvalue weighted by atomic mass is 10.1. The molecule has 2 aromatic carbocycles. The molecule has 0 fully saturated rings. The van der Waals surface area contributed by atoms with E-state index in [9.17, 15) is 10.1 Å². The third-order valence-electron chi connectivity index (χ3n) is 4.69. The molecule has 0 atom stereocenters. The van der Waals surface area contributed by atoms with Crippen molar-refractivity contribution in [1.82, 2.24) is 25.0 Å². The number of aromatic nitrogens is 5. The molecule has 1 N–H and O–H groups in total. The first kappa shape index (κ1) is 20.0. The van der Waals surface area contributed by atoms with Crippen LogP contribution in [-0.2, 0) is 6.42 Å². The number of nitrogens with zero attached hydrogens (tertiary/aromatic N) is 6. The van der Waals surface area contributed by atoms with Crippen molar-refractivity contribution in [3.8, 4) is 17.3 Å². The highest BCUT2D eigenvalue weighted by atomic mass is 16.6. The van der Waals surface area contributed by atoms with Crippen LogP contribution in [0.1, 0.15) is 5.56 Å². The van der Waals surface area contributed by atoms with Crippen LogP contribution in [0.25, 0.3) is 16.9 Å². The summed E-state index contributed by atoms with van der Waals surface area (Å²) in [5.41, 5.74) is 1.92. The van der Waals surface area contributed by atoms with Crippen LogP contribution in [0.5, 0.6) is 11.5 Å². The molecule has 2 heterocycles. The Morgan fingerprint density at radius 2 is 1.90 bits per heavy atom. The first-order chi connectivity index (χ1) is 15.1. The maximum atomic E-state index is 11.9. The van der Waals surface area contributed by atoms with Crippen molar-refractivity contribution in [3.05, 3.63) is 64.5 Å². The zero-order valence-electron chi connectivity index (χ0n) is 16.8. The Kier molecular flexibility index (Phi) is 5.56. The van der Waals surface area contributed by atoms with Crippen LogP contribution in [0.3, 0.4) is 0 Å². The van der Waals surface area contributed by atoms with Crippen LogP contribution < -0.4 is 14.8 Å². The van der Waals surface area contributed by atoms with E-state index in [1.807, 2.05) is 24.3 Å². The van der Waals surface area contributed by atoms with Gasteiger partial charge in [0, 0.05) is 6.54 Å². The second-order valence-electron chi connectivity index (χ2n) is 6.51. The summed E-state index contributed by atoms with van der Waals surface area (Å²) < 4.78 is 11.9. The van der Waals surface area contributed by atoms with Gasteiger partial charge in [-0.1, -0.05) is 23.4 Å². The molecule has 158 valence electrons. The van der Waals surface area contributed by atoms with Crippen LogP contribution in [-0.4, -0.2) is 50.6 Å². The lowest BCUT2D eigenvalue weighted by Gasteiger charge is -2.11. The van der Waals surface area contributed by atoms with Gasteiger partial charge in [-0.3, -0.25) is 10.1 Å². The molecule has 0 unspecified atom stereocenters. The molecule has 0 bridgehead atoms. The quantitative estimate of drug-likeness (QED) is 0.337. The van der Waals surface area contributed by atoms with Crippen molar-refractivity contribution in [2.45, 2.75) is 6.42 Å². The summed E-state index contributed by atoms with van der Waals surface area (Å²) in [5, 5.41) is 23.0. The Morgan fingerprint density at radius 3 is 2.68 bits per heavy atom. The highest BCUT2D eigenvalue weighted by molar-refractivity contribution is 5.77. The van der Waals surface area contributed by atoms with Gasteiger partial charge in [-0.2, -0.15) is 4.68 Å². The van der Waals surface area contributed by atoms with Crippen molar-refractivity contribution in [2.75, 3.05) is 26.1 Å². The SMILES string of the molecule is COc1ccc(CCNc2ncnc(-n3nnc4ccccc43)c2[N+](=O)[O-])cc1OC. The highest BCUT2D eigenvalue weighted by Gasteiger charge is 2.26. The molecule has 0 aliphatic heterocycles. The Labute approximate surface area is 176 Å². The Morgan fingerprint density at radius 1 is 1.10 bits per heavy atom. The van der Waals surface area contributed by atoms with Crippen LogP contribution >= 0.6 is 0 Å². The number of ether oxygens (including phenoxy) is 2. The monoisotopic (exact) mass is 421 g/mol. The molecule has 0 radical (unpaired) electrons. The number of hydrogen-bond acceptors (Lipinski definition) is 9. The summed E-state index contributed by atoms with van der Waals surface area (Å²) in [7, 11) is 3.14. The predicted octanol–water partition coefficient (Wildman–Crippen LogP) is 2.79. The van der Waals surface area contributed by atoms with Crippen LogP contribution in [0.15, 0.2) is 48.8 Å². The molecule has 0 spiro atoms. The van der Waals surface area contributed by atoms with Gasteiger partial charge in [-0.15, -0.1) is 5.10 Å². The van der Waals surface area contributed by atoms with E-state index in [1.54, 1.807) is 32.4 Å². The van der Waals surface area contributed by atoms with Crippen LogP contribution in [0.4, 0.5) is 11.5 Å². The lowest BCUT2D eigenvalue weighted by molar-refractivity contribution is -0.384. The Balaban J connectivity index is 1.60. The van der Waals surface area contributed by atoms with Gasteiger partial charge in [-0.25, -0.2) is 9.97 Å². The summed E-state index contributed by atoms with van der Waals surface area (Å²) in [6.45, 7) is 0.408. The van der Waals surface area contributed by atoms with Gasteiger partial charge in [-0.05, 0) is 36.2 Å². The standard InChI is InChI=1S/C20H19N7O4/c1-30-16-8-7-13(11-17(16)31-2)9-10-21-19-18(27(28)29)20(23-12-22-19)26-15-6-4-3-5-14(15)24-25-26/h3-8,11-12H,9-10H2,1-2H3,(H,21,22,23). The third-order valence-corrected chi connectivity index (χ3v) is 4.69.